The third-order valence-corrected chi connectivity index (χ3v) is 7.67. The van der Waals surface area contributed by atoms with Crippen molar-refractivity contribution in [3.05, 3.63) is 71.0 Å². The van der Waals surface area contributed by atoms with Crippen LogP contribution < -0.4 is 4.74 Å². The van der Waals surface area contributed by atoms with E-state index in [0.717, 1.165) is 68.9 Å². The molecule has 0 spiro atoms. The van der Waals surface area contributed by atoms with E-state index in [4.69, 9.17) is 4.74 Å². The number of aromatic nitrogens is 4. The van der Waals surface area contributed by atoms with Gasteiger partial charge >= 0.3 is 0 Å². The topological polar surface area (TPSA) is 56.1 Å². The third kappa shape index (κ3) is 4.61. The van der Waals surface area contributed by atoms with Gasteiger partial charge in [-0.3, -0.25) is 4.90 Å². The molecule has 1 atom stereocenters. The van der Waals surface area contributed by atoms with E-state index in [1.54, 1.807) is 0 Å². The second-order valence-electron chi connectivity index (χ2n) is 10.1. The number of hydrogen-bond donors (Lipinski definition) is 0. The third-order valence-electron chi connectivity index (χ3n) is 7.67. The van der Waals surface area contributed by atoms with Crippen LogP contribution in [0.5, 0.6) is 5.75 Å². The average Bonchev–Trinajstić information content (AvgIpc) is 3.36. The highest BCUT2D eigenvalue weighted by atomic mass is 16.5. The Bertz CT molecular complexity index is 1090. The van der Waals surface area contributed by atoms with Gasteiger partial charge in [-0.2, -0.15) is 0 Å². The Morgan fingerprint density at radius 2 is 1.76 bits per heavy atom. The molecular formula is C28H37N5O. The summed E-state index contributed by atoms with van der Waals surface area (Å²) in [7, 11) is 0. The highest BCUT2D eigenvalue weighted by Gasteiger charge is 2.38. The van der Waals surface area contributed by atoms with Gasteiger partial charge in [0.1, 0.15) is 11.8 Å². The van der Waals surface area contributed by atoms with Gasteiger partial charge in [0.05, 0.1) is 12.1 Å². The molecule has 6 heteroatoms. The molecule has 0 amide bonds. The second kappa shape index (κ2) is 10.3. The fourth-order valence-electron chi connectivity index (χ4n) is 5.68. The number of fused-ring (bicyclic) bond motifs is 1. The average molecular weight is 460 g/mol. The number of hydrogen-bond acceptors (Lipinski definition) is 5. The zero-order chi connectivity index (χ0) is 23.4. The molecule has 180 valence electrons. The maximum Gasteiger partial charge on any atom is 0.173 e. The van der Waals surface area contributed by atoms with Crippen molar-refractivity contribution in [1.29, 1.82) is 0 Å². The van der Waals surface area contributed by atoms with Crippen LogP contribution in [0.1, 0.15) is 87.3 Å². The van der Waals surface area contributed by atoms with Crippen LogP contribution >= 0.6 is 0 Å². The molecule has 2 aromatic carbocycles. The van der Waals surface area contributed by atoms with E-state index < -0.39 is 0 Å². The van der Waals surface area contributed by atoms with Crippen LogP contribution in [0.3, 0.4) is 0 Å². The van der Waals surface area contributed by atoms with Crippen LogP contribution in [-0.4, -0.2) is 38.3 Å². The first-order valence-electron chi connectivity index (χ1n) is 13.0. The molecule has 3 aromatic rings. The quantitative estimate of drug-likeness (QED) is 0.406. The van der Waals surface area contributed by atoms with E-state index in [2.05, 4.69) is 87.5 Å². The first-order chi connectivity index (χ1) is 16.7. The van der Waals surface area contributed by atoms with Gasteiger partial charge in [0.25, 0.3) is 0 Å². The molecule has 1 aliphatic heterocycles. The summed E-state index contributed by atoms with van der Waals surface area (Å²) >= 11 is 0. The number of benzene rings is 2. The monoisotopic (exact) mass is 459 g/mol. The van der Waals surface area contributed by atoms with Gasteiger partial charge in [-0.25, -0.2) is 4.68 Å². The van der Waals surface area contributed by atoms with Crippen molar-refractivity contribution in [3.63, 3.8) is 0 Å². The zero-order valence-electron chi connectivity index (χ0n) is 20.6. The summed E-state index contributed by atoms with van der Waals surface area (Å²) in [5.41, 5.74) is 3.96. The lowest BCUT2D eigenvalue weighted by Crippen LogP contribution is -2.40. The molecule has 1 fully saturated rings. The lowest BCUT2D eigenvalue weighted by Gasteiger charge is -2.39. The molecule has 1 unspecified atom stereocenters. The molecule has 0 radical (unpaired) electrons. The van der Waals surface area contributed by atoms with Crippen LogP contribution in [0.25, 0.3) is 0 Å². The first-order valence-corrected chi connectivity index (χ1v) is 13.0. The summed E-state index contributed by atoms with van der Waals surface area (Å²) in [6.45, 7) is 7.11. The van der Waals surface area contributed by atoms with Crippen molar-refractivity contribution in [2.45, 2.75) is 83.3 Å². The highest BCUT2D eigenvalue weighted by molar-refractivity contribution is 5.40. The Morgan fingerprint density at radius 3 is 2.59 bits per heavy atom. The molecule has 1 aromatic heterocycles. The summed E-state index contributed by atoms with van der Waals surface area (Å²) in [6.07, 6.45) is 9.20. The van der Waals surface area contributed by atoms with Crippen molar-refractivity contribution in [1.82, 2.24) is 25.1 Å². The van der Waals surface area contributed by atoms with Crippen LogP contribution in [0.4, 0.5) is 0 Å². The molecule has 1 saturated carbocycles. The summed E-state index contributed by atoms with van der Waals surface area (Å²) in [5, 5.41) is 13.5. The summed E-state index contributed by atoms with van der Waals surface area (Å²) in [6, 6.07) is 17.2. The minimum atomic E-state index is -0.0556. The van der Waals surface area contributed by atoms with E-state index >= 15 is 0 Å². The predicted molar refractivity (Wildman–Crippen MR) is 134 cm³/mol. The van der Waals surface area contributed by atoms with E-state index in [1.807, 2.05) is 0 Å². The maximum absolute atomic E-state index is 6.32. The van der Waals surface area contributed by atoms with Gasteiger partial charge in [0, 0.05) is 18.7 Å². The zero-order valence-corrected chi connectivity index (χ0v) is 20.6. The molecule has 0 saturated heterocycles. The SMILES string of the molecule is CCCCOc1ccccc1C(c1nnnn1C1(C)CCCCC1)N1CCc2ccccc2C1. The van der Waals surface area contributed by atoms with E-state index in [1.165, 1.54) is 30.4 Å². The highest BCUT2D eigenvalue weighted by Crippen LogP contribution is 2.40. The summed E-state index contributed by atoms with van der Waals surface area (Å²) in [4.78, 5) is 2.54. The number of nitrogens with zero attached hydrogens (tertiary/aromatic N) is 5. The van der Waals surface area contributed by atoms with Crippen LogP contribution in [0, 0.1) is 0 Å². The van der Waals surface area contributed by atoms with Crippen molar-refractivity contribution in [3.8, 4) is 5.75 Å². The molecule has 34 heavy (non-hydrogen) atoms. The Morgan fingerprint density at radius 1 is 1.00 bits per heavy atom. The largest absolute Gasteiger partial charge is 0.493 e. The molecule has 1 aliphatic carbocycles. The lowest BCUT2D eigenvalue weighted by atomic mass is 9.83. The summed E-state index contributed by atoms with van der Waals surface area (Å²) < 4.78 is 8.48. The molecule has 2 heterocycles. The van der Waals surface area contributed by atoms with Crippen LogP contribution in [0.2, 0.25) is 0 Å². The van der Waals surface area contributed by atoms with Crippen molar-refractivity contribution >= 4 is 0 Å². The number of ether oxygens (including phenoxy) is 1. The van der Waals surface area contributed by atoms with Gasteiger partial charge in [-0.05, 0) is 60.2 Å². The number of para-hydroxylation sites is 1. The molecule has 5 rings (SSSR count). The fraction of sp³-hybridized carbons (Fsp3) is 0.536. The Labute approximate surface area is 203 Å². The number of tetrazole rings is 1. The smallest absolute Gasteiger partial charge is 0.173 e. The molecule has 6 nitrogen and oxygen atoms in total. The molecular weight excluding hydrogens is 422 g/mol. The van der Waals surface area contributed by atoms with Gasteiger partial charge in [0.15, 0.2) is 5.82 Å². The van der Waals surface area contributed by atoms with Gasteiger partial charge in [-0.1, -0.05) is 75.1 Å². The Hall–Kier alpha value is -2.73. The number of unbranched alkanes of at least 4 members (excludes halogenated alkanes) is 1. The fourth-order valence-corrected chi connectivity index (χ4v) is 5.68. The van der Waals surface area contributed by atoms with Crippen molar-refractivity contribution < 1.29 is 4.74 Å². The van der Waals surface area contributed by atoms with Crippen molar-refractivity contribution in [2.75, 3.05) is 13.2 Å². The lowest BCUT2D eigenvalue weighted by molar-refractivity contribution is 0.153. The minimum Gasteiger partial charge on any atom is -0.493 e. The Balaban J connectivity index is 1.57. The normalized spacial score (nSPS) is 18.9. The van der Waals surface area contributed by atoms with E-state index in [0.29, 0.717) is 0 Å². The first kappa shape index (κ1) is 23.0. The van der Waals surface area contributed by atoms with Crippen LogP contribution in [0.15, 0.2) is 48.5 Å². The second-order valence-corrected chi connectivity index (χ2v) is 10.1. The molecule has 0 N–H and O–H groups in total. The summed E-state index contributed by atoms with van der Waals surface area (Å²) in [5.74, 6) is 1.89. The van der Waals surface area contributed by atoms with Gasteiger partial charge in [0.2, 0.25) is 0 Å². The molecule has 2 aliphatic rings. The minimum absolute atomic E-state index is 0.0406. The Kier molecular flexibility index (Phi) is 6.95. The standard InChI is InChI=1S/C28H37N5O/c1-3-4-20-34-25-15-9-8-14-24(25)26(32-19-16-22-12-6-7-13-23(22)21-32)27-29-30-31-33(27)28(2)17-10-5-11-18-28/h6-9,12-15,26H,3-5,10-11,16-21H2,1-2H3. The van der Waals surface area contributed by atoms with Gasteiger partial charge < -0.3 is 4.74 Å². The molecule has 0 bridgehead atoms. The van der Waals surface area contributed by atoms with Gasteiger partial charge in [-0.15, -0.1) is 5.10 Å². The van der Waals surface area contributed by atoms with Crippen LogP contribution in [-0.2, 0) is 18.5 Å². The predicted octanol–water partition coefficient (Wildman–Crippen LogP) is 5.68. The maximum atomic E-state index is 6.32. The van der Waals surface area contributed by atoms with E-state index in [9.17, 15) is 0 Å². The van der Waals surface area contributed by atoms with Crippen molar-refractivity contribution in [2.24, 2.45) is 0 Å². The van der Waals surface area contributed by atoms with E-state index in [-0.39, 0.29) is 11.6 Å². The number of rotatable bonds is 8.